The van der Waals surface area contributed by atoms with Crippen LogP contribution in [-0.2, 0) is 32.0 Å². The summed E-state index contributed by atoms with van der Waals surface area (Å²) in [5.74, 6) is -3.38. The number of aromatic nitrogens is 2. The SMILES string of the molecule is CC(C)C(N)C(=O)NC(CCCN=C(N)N)C(=O)NC(Cc1c[nH]c2ccccc12)C(=O)NC(Cc1c[nH]c2ccccc12)C(=O)O. The summed E-state index contributed by atoms with van der Waals surface area (Å²) in [6.07, 6.45) is 4.01. The number of fused-ring (bicyclic) bond motifs is 2. The van der Waals surface area contributed by atoms with Gasteiger partial charge in [-0.05, 0) is 42.0 Å². The molecule has 14 nitrogen and oxygen atoms in total. The minimum atomic E-state index is -1.29. The number of carboxylic acid groups (broad SMARTS) is 1. The second-order valence-corrected chi connectivity index (χ2v) is 11.9. The van der Waals surface area contributed by atoms with Gasteiger partial charge in [-0.2, -0.15) is 0 Å². The summed E-state index contributed by atoms with van der Waals surface area (Å²) in [6, 6.07) is 10.5. The Bertz CT molecular complexity index is 1740. The van der Waals surface area contributed by atoms with E-state index in [9.17, 15) is 24.3 Å². The number of carbonyl (C=O) groups excluding carboxylic acids is 3. The van der Waals surface area contributed by atoms with E-state index in [1.165, 1.54) is 0 Å². The Hall–Kier alpha value is -5.37. The number of amides is 3. The molecule has 0 spiro atoms. The number of aliphatic imine (C=N–C) groups is 1. The van der Waals surface area contributed by atoms with E-state index in [0.717, 1.165) is 32.9 Å². The molecule has 0 aliphatic carbocycles. The zero-order valence-corrected chi connectivity index (χ0v) is 26.5. The standard InChI is InChI=1S/C33H43N9O5/c1-18(2)28(34)31(45)40-25(12-7-13-37-33(35)36)29(43)41-26(14-19-16-38-23-10-5-3-8-21(19)23)30(44)42-27(32(46)47)15-20-17-39-24-11-6-4-9-22(20)24/h3-6,8-11,16-18,25-28,38-39H,7,12-15,34H2,1-2H3,(H,40,45)(H,41,43)(H,42,44)(H,46,47)(H4,35,36,37). The Kier molecular flexibility index (Phi) is 11.6. The first-order valence-electron chi connectivity index (χ1n) is 15.5. The fourth-order valence-corrected chi connectivity index (χ4v) is 5.34. The van der Waals surface area contributed by atoms with Crippen LogP contribution in [0.4, 0.5) is 0 Å². The van der Waals surface area contributed by atoms with Crippen LogP contribution < -0.4 is 33.2 Å². The van der Waals surface area contributed by atoms with Crippen molar-refractivity contribution in [3.05, 3.63) is 72.1 Å². The van der Waals surface area contributed by atoms with Crippen LogP contribution in [-0.4, -0.2) is 75.4 Å². The van der Waals surface area contributed by atoms with Gasteiger partial charge >= 0.3 is 5.97 Å². The maximum absolute atomic E-state index is 13.9. The Balaban J connectivity index is 1.59. The fourth-order valence-electron chi connectivity index (χ4n) is 5.34. The average Bonchev–Trinajstić information content (AvgIpc) is 3.65. The molecule has 0 bridgehead atoms. The van der Waals surface area contributed by atoms with Gasteiger partial charge in [0.05, 0.1) is 6.04 Å². The molecule has 4 atom stereocenters. The topological polar surface area (TPSA) is 247 Å². The van der Waals surface area contributed by atoms with Crippen molar-refractivity contribution in [1.82, 2.24) is 25.9 Å². The number of carbonyl (C=O) groups is 4. The second kappa shape index (κ2) is 15.8. The third-order valence-corrected chi connectivity index (χ3v) is 8.04. The van der Waals surface area contributed by atoms with E-state index in [-0.39, 0.29) is 37.7 Å². The molecule has 14 heteroatoms. The molecular weight excluding hydrogens is 602 g/mol. The highest BCUT2D eigenvalue weighted by Gasteiger charge is 2.31. The molecule has 4 unspecified atom stereocenters. The van der Waals surface area contributed by atoms with Crippen molar-refractivity contribution in [1.29, 1.82) is 0 Å². The zero-order chi connectivity index (χ0) is 34.1. The van der Waals surface area contributed by atoms with Crippen molar-refractivity contribution in [3.8, 4) is 0 Å². The van der Waals surface area contributed by atoms with Crippen LogP contribution in [0.5, 0.6) is 0 Å². The van der Waals surface area contributed by atoms with Gasteiger partial charge in [-0.3, -0.25) is 19.4 Å². The minimum absolute atomic E-state index is 0.00933. The van der Waals surface area contributed by atoms with Crippen molar-refractivity contribution >= 4 is 51.5 Å². The minimum Gasteiger partial charge on any atom is -0.480 e. The van der Waals surface area contributed by atoms with Crippen molar-refractivity contribution in [2.45, 2.75) is 63.7 Å². The predicted octanol–water partition coefficient (Wildman–Crippen LogP) is 1.01. The van der Waals surface area contributed by atoms with Crippen molar-refractivity contribution in [2.24, 2.45) is 28.1 Å². The van der Waals surface area contributed by atoms with Crippen molar-refractivity contribution in [2.75, 3.05) is 6.54 Å². The number of hydrogen-bond donors (Lipinski definition) is 9. The third-order valence-electron chi connectivity index (χ3n) is 8.04. The van der Waals surface area contributed by atoms with Crippen LogP contribution in [0.3, 0.4) is 0 Å². The number of nitrogens with two attached hydrogens (primary N) is 3. The molecule has 3 amide bonds. The van der Waals surface area contributed by atoms with E-state index in [1.807, 2.05) is 48.5 Å². The van der Waals surface area contributed by atoms with Gasteiger partial charge in [0.15, 0.2) is 5.96 Å². The van der Waals surface area contributed by atoms with E-state index >= 15 is 0 Å². The van der Waals surface area contributed by atoms with Gasteiger partial charge in [-0.25, -0.2) is 4.79 Å². The van der Waals surface area contributed by atoms with Crippen LogP contribution in [0.1, 0.15) is 37.8 Å². The summed E-state index contributed by atoms with van der Waals surface area (Å²) in [4.78, 5) is 63.1. The van der Waals surface area contributed by atoms with Crippen LogP contribution in [0, 0.1) is 5.92 Å². The monoisotopic (exact) mass is 645 g/mol. The number of benzene rings is 2. The quantitative estimate of drug-likeness (QED) is 0.0482. The molecule has 2 aromatic heterocycles. The van der Waals surface area contributed by atoms with E-state index < -0.39 is 47.9 Å². The largest absolute Gasteiger partial charge is 0.480 e. The first kappa shape index (κ1) is 34.5. The Morgan fingerprint density at radius 1 is 0.766 bits per heavy atom. The predicted molar refractivity (Wildman–Crippen MR) is 180 cm³/mol. The molecule has 4 aromatic rings. The molecule has 0 aliphatic heterocycles. The van der Waals surface area contributed by atoms with Crippen LogP contribution in [0.2, 0.25) is 0 Å². The summed E-state index contributed by atoms with van der Waals surface area (Å²) in [5, 5.41) is 19.9. The second-order valence-electron chi connectivity index (χ2n) is 11.9. The lowest BCUT2D eigenvalue weighted by Gasteiger charge is -2.26. The number of H-pyrrole nitrogens is 2. The van der Waals surface area contributed by atoms with Crippen LogP contribution in [0.25, 0.3) is 21.8 Å². The summed E-state index contributed by atoms with van der Waals surface area (Å²) in [5.41, 5.74) is 20.0. The highest BCUT2D eigenvalue weighted by Crippen LogP contribution is 2.21. The molecule has 4 rings (SSSR count). The van der Waals surface area contributed by atoms with Gasteiger partial charge < -0.3 is 48.2 Å². The molecule has 0 fully saturated rings. The average molecular weight is 646 g/mol. The highest BCUT2D eigenvalue weighted by atomic mass is 16.4. The Morgan fingerprint density at radius 2 is 1.26 bits per heavy atom. The Morgan fingerprint density at radius 3 is 1.79 bits per heavy atom. The maximum Gasteiger partial charge on any atom is 0.326 e. The molecule has 2 aromatic carbocycles. The number of para-hydroxylation sites is 2. The van der Waals surface area contributed by atoms with Gasteiger partial charge in [0.25, 0.3) is 0 Å². The number of nitrogens with one attached hydrogen (secondary N) is 5. The number of nitrogens with zero attached hydrogens (tertiary/aromatic N) is 1. The van der Waals surface area contributed by atoms with Crippen LogP contribution in [0.15, 0.2) is 65.9 Å². The highest BCUT2D eigenvalue weighted by molar-refractivity contribution is 5.95. The van der Waals surface area contributed by atoms with Crippen molar-refractivity contribution in [3.63, 3.8) is 0 Å². The first-order valence-corrected chi connectivity index (χ1v) is 15.5. The summed E-state index contributed by atoms with van der Waals surface area (Å²) < 4.78 is 0. The fraction of sp³-hybridized carbons (Fsp3) is 0.364. The lowest BCUT2D eigenvalue weighted by atomic mass is 10.0. The van der Waals surface area contributed by atoms with Crippen LogP contribution >= 0.6 is 0 Å². The molecule has 2 heterocycles. The van der Waals surface area contributed by atoms with E-state index in [1.54, 1.807) is 26.2 Å². The first-order chi connectivity index (χ1) is 22.4. The molecular formula is C33H43N9O5. The van der Waals surface area contributed by atoms with Gasteiger partial charge in [-0.15, -0.1) is 0 Å². The summed E-state index contributed by atoms with van der Waals surface area (Å²) in [7, 11) is 0. The van der Waals surface area contributed by atoms with E-state index in [4.69, 9.17) is 17.2 Å². The number of rotatable bonds is 16. The molecule has 250 valence electrons. The number of guanidine groups is 1. The van der Waals surface area contributed by atoms with Gasteiger partial charge in [-0.1, -0.05) is 50.2 Å². The molecule has 47 heavy (non-hydrogen) atoms. The van der Waals surface area contributed by atoms with Crippen molar-refractivity contribution < 1.29 is 24.3 Å². The van der Waals surface area contributed by atoms with E-state index in [2.05, 4.69) is 30.9 Å². The maximum atomic E-state index is 13.9. The normalized spacial score (nSPS) is 13.9. The molecule has 0 saturated heterocycles. The smallest absolute Gasteiger partial charge is 0.326 e. The van der Waals surface area contributed by atoms with E-state index in [0.29, 0.717) is 6.42 Å². The number of aliphatic carboxylic acids is 1. The molecule has 0 radical (unpaired) electrons. The van der Waals surface area contributed by atoms with Gasteiger partial charge in [0.2, 0.25) is 17.7 Å². The lowest BCUT2D eigenvalue weighted by molar-refractivity contribution is -0.142. The number of aromatic amines is 2. The number of carboxylic acids is 1. The summed E-state index contributed by atoms with van der Waals surface area (Å²) in [6.45, 7) is 3.79. The Labute approximate surface area is 271 Å². The molecule has 0 aliphatic rings. The zero-order valence-electron chi connectivity index (χ0n) is 26.5. The van der Waals surface area contributed by atoms with Gasteiger partial charge in [0.1, 0.15) is 18.1 Å². The molecule has 0 saturated carbocycles. The summed E-state index contributed by atoms with van der Waals surface area (Å²) >= 11 is 0. The molecule has 12 N–H and O–H groups in total. The van der Waals surface area contributed by atoms with Gasteiger partial charge in [0, 0.05) is 53.6 Å². The number of hydrogen-bond acceptors (Lipinski definition) is 6. The third kappa shape index (κ3) is 9.10. The lowest BCUT2D eigenvalue weighted by Crippen LogP contribution is -2.58.